The van der Waals surface area contributed by atoms with E-state index in [0.717, 1.165) is 49.5 Å². The number of nitrogens with zero attached hydrogens (tertiary/aromatic N) is 4. The van der Waals surface area contributed by atoms with Crippen molar-refractivity contribution in [1.29, 1.82) is 0 Å². The van der Waals surface area contributed by atoms with E-state index in [2.05, 4.69) is 31.2 Å². The molecule has 0 atom stereocenters. The predicted octanol–water partition coefficient (Wildman–Crippen LogP) is 5.43. The van der Waals surface area contributed by atoms with Gasteiger partial charge >= 0.3 is 0 Å². The predicted molar refractivity (Wildman–Crippen MR) is 115 cm³/mol. The fourth-order valence-corrected chi connectivity index (χ4v) is 4.32. The lowest BCUT2D eigenvalue weighted by Crippen LogP contribution is -1.83. The molecule has 0 aliphatic carbocycles. The summed E-state index contributed by atoms with van der Waals surface area (Å²) in [6, 6.07) is 15.1. The normalized spacial score (nSPS) is 11.5. The van der Waals surface area contributed by atoms with Crippen LogP contribution in [-0.2, 0) is 0 Å². The van der Waals surface area contributed by atoms with Gasteiger partial charge in [-0.15, -0.1) is 11.3 Å². The van der Waals surface area contributed by atoms with Crippen LogP contribution in [0, 0.1) is 5.13 Å². The van der Waals surface area contributed by atoms with Crippen molar-refractivity contribution in [1.82, 2.24) is 30.1 Å². The molecule has 5 aromatic heterocycles. The number of rotatable bonds is 3. The minimum absolute atomic E-state index is 0.249. The van der Waals surface area contributed by atoms with Crippen LogP contribution < -0.4 is 0 Å². The van der Waals surface area contributed by atoms with Gasteiger partial charge in [-0.1, -0.05) is 6.07 Å². The number of aromatic nitrogens is 6. The molecule has 0 amide bonds. The first-order valence-electron chi connectivity index (χ1n) is 9.25. The van der Waals surface area contributed by atoms with E-state index >= 15 is 0 Å². The van der Waals surface area contributed by atoms with Gasteiger partial charge in [-0.2, -0.15) is 9.49 Å². The fraction of sp³-hybridized carbons (Fsp3) is 0. The molecular formula is C22H13FN6S. The SMILES string of the molecule is Fc1ccc(-c2nccc3[nH]c(-c4n[nH]c5ccc(-c6ccncc6)cc45)nc23)s1. The number of nitrogens with one attached hydrogen (secondary N) is 2. The summed E-state index contributed by atoms with van der Waals surface area (Å²) in [6.07, 6.45) is 5.25. The van der Waals surface area contributed by atoms with E-state index in [0.29, 0.717) is 17.0 Å². The van der Waals surface area contributed by atoms with E-state index in [1.165, 1.54) is 6.07 Å². The maximum atomic E-state index is 13.5. The lowest BCUT2D eigenvalue weighted by molar-refractivity contribution is 0.657. The summed E-state index contributed by atoms with van der Waals surface area (Å²) in [5, 5.41) is 8.28. The number of halogens is 1. The zero-order valence-electron chi connectivity index (χ0n) is 15.4. The molecule has 30 heavy (non-hydrogen) atoms. The molecule has 8 heteroatoms. The molecule has 0 saturated heterocycles. The largest absolute Gasteiger partial charge is 0.336 e. The molecule has 6 rings (SSSR count). The molecule has 0 aliphatic heterocycles. The molecule has 0 unspecified atom stereocenters. The summed E-state index contributed by atoms with van der Waals surface area (Å²) in [6.45, 7) is 0. The first-order chi connectivity index (χ1) is 14.8. The lowest BCUT2D eigenvalue weighted by Gasteiger charge is -2.01. The van der Waals surface area contributed by atoms with Crippen LogP contribution in [-0.4, -0.2) is 30.1 Å². The summed E-state index contributed by atoms with van der Waals surface area (Å²) >= 11 is 1.05. The molecule has 0 bridgehead atoms. The van der Waals surface area contributed by atoms with Gasteiger partial charge in [0.05, 0.1) is 15.9 Å². The third kappa shape index (κ3) is 2.69. The van der Waals surface area contributed by atoms with Crippen LogP contribution in [0.2, 0.25) is 0 Å². The van der Waals surface area contributed by atoms with Crippen LogP contribution in [0.25, 0.3) is 55.2 Å². The summed E-state index contributed by atoms with van der Waals surface area (Å²) in [5.74, 6) is 0.634. The maximum Gasteiger partial charge on any atom is 0.177 e. The van der Waals surface area contributed by atoms with Crippen molar-refractivity contribution in [3.63, 3.8) is 0 Å². The smallest absolute Gasteiger partial charge is 0.177 e. The van der Waals surface area contributed by atoms with Gasteiger partial charge in [-0.25, -0.2) is 4.98 Å². The molecule has 6 nitrogen and oxygen atoms in total. The van der Waals surface area contributed by atoms with E-state index in [9.17, 15) is 4.39 Å². The van der Waals surface area contributed by atoms with Crippen molar-refractivity contribution in [2.45, 2.75) is 0 Å². The number of H-pyrrole nitrogens is 2. The Morgan fingerprint density at radius 2 is 1.73 bits per heavy atom. The van der Waals surface area contributed by atoms with Gasteiger partial charge in [0.2, 0.25) is 0 Å². The molecule has 0 saturated carbocycles. The minimum Gasteiger partial charge on any atom is -0.336 e. The van der Waals surface area contributed by atoms with E-state index in [1.54, 1.807) is 24.7 Å². The Morgan fingerprint density at radius 1 is 0.833 bits per heavy atom. The lowest BCUT2D eigenvalue weighted by atomic mass is 10.0. The van der Waals surface area contributed by atoms with Crippen LogP contribution >= 0.6 is 11.3 Å². The van der Waals surface area contributed by atoms with E-state index < -0.39 is 0 Å². The highest BCUT2D eigenvalue weighted by molar-refractivity contribution is 7.13. The van der Waals surface area contributed by atoms with Gasteiger partial charge in [-0.3, -0.25) is 15.1 Å². The molecule has 6 aromatic rings. The highest BCUT2D eigenvalue weighted by Gasteiger charge is 2.17. The highest BCUT2D eigenvalue weighted by atomic mass is 32.1. The summed E-state index contributed by atoms with van der Waals surface area (Å²) in [4.78, 5) is 17.4. The summed E-state index contributed by atoms with van der Waals surface area (Å²) < 4.78 is 13.5. The fourth-order valence-electron chi connectivity index (χ4n) is 3.59. The summed E-state index contributed by atoms with van der Waals surface area (Å²) in [7, 11) is 0. The number of benzene rings is 1. The monoisotopic (exact) mass is 412 g/mol. The average Bonchev–Trinajstić information content (AvgIpc) is 3.51. The Labute approximate surface area is 173 Å². The number of pyridine rings is 2. The van der Waals surface area contributed by atoms with Gasteiger partial charge in [0.1, 0.15) is 16.9 Å². The van der Waals surface area contributed by atoms with Crippen LogP contribution in [0.15, 0.2) is 67.1 Å². The minimum atomic E-state index is -0.249. The van der Waals surface area contributed by atoms with Crippen molar-refractivity contribution < 1.29 is 4.39 Å². The number of fused-ring (bicyclic) bond motifs is 2. The second-order valence-corrected chi connectivity index (χ2v) is 7.85. The standard InChI is InChI=1S/C22H13FN6S/c23-18-4-3-17(30-18)21-20-16(7-10-25-21)26-22(27-20)19-14-11-13(1-2-15(14)28-29-19)12-5-8-24-9-6-12/h1-11H,(H,26,27)(H,28,29). The van der Waals surface area contributed by atoms with Crippen molar-refractivity contribution >= 4 is 33.3 Å². The molecule has 0 radical (unpaired) electrons. The van der Waals surface area contributed by atoms with Crippen molar-refractivity contribution in [2.24, 2.45) is 0 Å². The van der Waals surface area contributed by atoms with Crippen LogP contribution in [0.3, 0.4) is 0 Å². The Morgan fingerprint density at radius 3 is 2.57 bits per heavy atom. The van der Waals surface area contributed by atoms with Gasteiger partial charge < -0.3 is 4.98 Å². The van der Waals surface area contributed by atoms with Crippen molar-refractivity contribution in [3.05, 3.63) is 72.3 Å². The Hall–Kier alpha value is -3.91. The van der Waals surface area contributed by atoms with Gasteiger partial charge in [0.25, 0.3) is 0 Å². The molecule has 1 aromatic carbocycles. The average molecular weight is 412 g/mol. The number of hydrogen-bond donors (Lipinski definition) is 2. The quantitative estimate of drug-likeness (QED) is 0.406. The Balaban J connectivity index is 1.52. The second kappa shape index (κ2) is 6.57. The molecular weight excluding hydrogens is 399 g/mol. The second-order valence-electron chi connectivity index (χ2n) is 6.81. The number of aromatic amines is 2. The Kier molecular flexibility index (Phi) is 3.72. The summed E-state index contributed by atoms with van der Waals surface area (Å²) in [5.41, 5.74) is 5.96. The topological polar surface area (TPSA) is 83.1 Å². The van der Waals surface area contributed by atoms with Crippen LogP contribution in [0.1, 0.15) is 0 Å². The molecule has 144 valence electrons. The molecule has 2 N–H and O–H groups in total. The van der Waals surface area contributed by atoms with Crippen LogP contribution in [0.4, 0.5) is 4.39 Å². The van der Waals surface area contributed by atoms with E-state index in [1.807, 2.05) is 30.3 Å². The zero-order chi connectivity index (χ0) is 20.1. The first kappa shape index (κ1) is 17.0. The number of hydrogen-bond acceptors (Lipinski definition) is 5. The molecule has 0 spiro atoms. The number of imidazole rings is 1. The third-order valence-corrected chi connectivity index (χ3v) is 5.89. The van der Waals surface area contributed by atoms with E-state index in [4.69, 9.17) is 4.98 Å². The van der Waals surface area contributed by atoms with E-state index in [-0.39, 0.29) is 5.13 Å². The maximum absolute atomic E-state index is 13.5. The zero-order valence-corrected chi connectivity index (χ0v) is 16.2. The van der Waals surface area contributed by atoms with Crippen molar-refractivity contribution in [2.75, 3.05) is 0 Å². The highest BCUT2D eigenvalue weighted by Crippen LogP contribution is 2.34. The molecule has 5 heterocycles. The molecule has 0 aliphatic rings. The number of thiophene rings is 1. The first-order valence-corrected chi connectivity index (χ1v) is 10.1. The Bertz CT molecular complexity index is 1520. The third-order valence-electron chi connectivity index (χ3n) is 5.01. The molecule has 0 fully saturated rings. The van der Waals surface area contributed by atoms with Gasteiger partial charge in [0, 0.05) is 24.0 Å². The van der Waals surface area contributed by atoms with Crippen LogP contribution in [0.5, 0.6) is 0 Å². The van der Waals surface area contributed by atoms with Crippen molar-refractivity contribution in [3.8, 4) is 33.2 Å². The van der Waals surface area contributed by atoms with Gasteiger partial charge in [0.15, 0.2) is 11.0 Å². The van der Waals surface area contributed by atoms with Gasteiger partial charge in [-0.05, 0) is 53.6 Å².